The quantitative estimate of drug-likeness (QED) is 0.850. The van der Waals surface area contributed by atoms with Gasteiger partial charge in [-0.1, -0.05) is 0 Å². The van der Waals surface area contributed by atoms with Crippen LogP contribution in [-0.2, 0) is 0 Å². The van der Waals surface area contributed by atoms with E-state index in [1.54, 1.807) is 6.33 Å². The van der Waals surface area contributed by atoms with Crippen LogP contribution in [0.5, 0.6) is 0 Å². The van der Waals surface area contributed by atoms with Crippen LogP contribution in [0.15, 0.2) is 12.4 Å². The van der Waals surface area contributed by atoms with E-state index >= 15 is 0 Å². The summed E-state index contributed by atoms with van der Waals surface area (Å²) in [6, 6.07) is 2.04. The van der Waals surface area contributed by atoms with Gasteiger partial charge in [-0.2, -0.15) is 0 Å². The van der Waals surface area contributed by atoms with Gasteiger partial charge in [-0.3, -0.25) is 0 Å². The molecule has 5 heteroatoms. The van der Waals surface area contributed by atoms with Crippen LogP contribution in [0.4, 0.5) is 11.6 Å². The predicted octanol–water partition coefficient (Wildman–Crippen LogP) is 2.01. The molecule has 1 aliphatic rings. The van der Waals surface area contributed by atoms with E-state index in [0.29, 0.717) is 0 Å². The highest BCUT2D eigenvalue weighted by Crippen LogP contribution is 2.19. The molecule has 0 saturated carbocycles. The van der Waals surface area contributed by atoms with Crippen LogP contribution < -0.4 is 16.0 Å². The molecule has 0 aromatic carbocycles. The summed E-state index contributed by atoms with van der Waals surface area (Å²) < 4.78 is 0. The normalized spacial score (nSPS) is 16.5. The fraction of sp³-hybridized carbons (Fsp3) is 0.714. The van der Waals surface area contributed by atoms with E-state index in [1.165, 1.54) is 19.3 Å². The number of aromatic nitrogens is 2. The molecule has 1 saturated heterocycles. The van der Waals surface area contributed by atoms with Crippen molar-refractivity contribution in [3.63, 3.8) is 0 Å². The Morgan fingerprint density at radius 1 is 1.26 bits per heavy atom. The standard InChI is InChI=1S/C14H25N5/c1-14(2,15)6-7-16-12-10-13(18-11-17-12)19-8-4-3-5-9-19/h10-11H,3-9,15H2,1-2H3,(H,16,17,18). The van der Waals surface area contributed by atoms with Crippen LogP contribution >= 0.6 is 0 Å². The van der Waals surface area contributed by atoms with Crippen molar-refractivity contribution < 1.29 is 0 Å². The highest BCUT2D eigenvalue weighted by Gasteiger charge is 2.13. The summed E-state index contributed by atoms with van der Waals surface area (Å²) in [7, 11) is 0. The number of nitrogens with one attached hydrogen (secondary N) is 1. The average Bonchev–Trinajstić information content (AvgIpc) is 2.39. The van der Waals surface area contributed by atoms with Gasteiger partial charge in [-0.25, -0.2) is 9.97 Å². The molecule has 2 heterocycles. The van der Waals surface area contributed by atoms with Crippen LogP contribution in [0.25, 0.3) is 0 Å². The number of anilines is 2. The van der Waals surface area contributed by atoms with Crippen molar-refractivity contribution in [1.29, 1.82) is 0 Å². The van der Waals surface area contributed by atoms with Crippen molar-refractivity contribution in [2.75, 3.05) is 29.9 Å². The van der Waals surface area contributed by atoms with E-state index in [0.717, 1.165) is 37.7 Å². The molecule has 0 unspecified atom stereocenters. The van der Waals surface area contributed by atoms with Crippen LogP contribution in [0.1, 0.15) is 39.5 Å². The molecular weight excluding hydrogens is 238 g/mol. The van der Waals surface area contributed by atoms with Gasteiger partial charge in [0.05, 0.1) is 0 Å². The van der Waals surface area contributed by atoms with E-state index in [4.69, 9.17) is 5.73 Å². The second-order valence-electron chi connectivity index (χ2n) is 5.97. The van der Waals surface area contributed by atoms with Crippen molar-refractivity contribution in [1.82, 2.24) is 9.97 Å². The SMILES string of the molecule is CC(C)(N)CCNc1cc(N2CCCCC2)ncn1. The van der Waals surface area contributed by atoms with Gasteiger partial charge >= 0.3 is 0 Å². The monoisotopic (exact) mass is 263 g/mol. The van der Waals surface area contributed by atoms with Gasteiger partial charge in [-0.15, -0.1) is 0 Å². The lowest BCUT2D eigenvalue weighted by molar-refractivity contribution is 0.490. The third kappa shape index (κ3) is 4.67. The lowest BCUT2D eigenvalue weighted by Crippen LogP contribution is -2.34. The Kier molecular flexibility index (Phi) is 4.58. The molecule has 0 aliphatic carbocycles. The number of piperidine rings is 1. The minimum absolute atomic E-state index is 0.143. The average molecular weight is 263 g/mol. The van der Waals surface area contributed by atoms with Crippen molar-refractivity contribution in [3.05, 3.63) is 12.4 Å². The summed E-state index contributed by atoms with van der Waals surface area (Å²) in [5.41, 5.74) is 5.82. The molecule has 1 aliphatic heterocycles. The van der Waals surface area contributed by atoms with E-state index in [9.17, 15) is 0 Å². The maximum Gasteiger partial charge on any atom is 0.134 e. The van der Waals surface area contributed by atoms with Crippen LogP contribution in [0.3, 0.4) is 0 Å². The Morgan fingerprint density at radius 3 is 2.68 bits per heavy atom. The molecular formula is C14H25N5. The van der Waals surface area contributed by atoms with Gasteiger partial charge in [0.1, 0.15) is 18.0 Å². The van der Waals surface area contributed by atoms with Gasteiger partial charge in [-0.05, 0) is 39.5 Å². The summed E-state index contributed by atoms with van der Waals surface area (Å²) in [4.78, 5) is 11.0. The summed E-state index contributed by atoms with van der Waals surface area (Å²) in [5, 5.41) is 3.32. The van der Waals surface area contributed by atoms with Crippen molar-refractivity contribution in [3.8, 4) is 0 Å². The molecule has 0 amide bonds. The largest absolute Gasteiger partial charge is 0.370 e. The molecule has 5 nitrogen and oxygen atoms in total. The molecule has 0 atom stereocenters. The van der Waals surface area contributed by atoms with E-state index < -0.39 is 0 Å². The second kappa shape index (κ2) is 6.19. The van der Waals surface area contributed by atoms with E-state index in [-0.39, 0.29) is 5.54 Å². The number of nitrogens with zero attached hydrogens (tertiary/aromatic N) is 3. The fourth-order valence-electron chi connectivity index (χ4n) is 2.25. The smallest absolute Gasteiger partial charge is 0.134 e. The summed E-state index contributed by atoms with van der Waals surface area (Å²) in [6.45, 7) is 7.11. The van der Waals surface area contributed by atoms with Crippen molar-refractivity contribution in [2.24, 2.45) is 5.73 Å². The third-order valence-electron chi connectivity index (χ3n) is 3.41. The third-order valence-corrected chi connectivity index (χ3v) is 3.41. The number of hydrogen-bond acceptors (Lipinski definition) is 5. The first-order valence-corrected chi connectivity index (χ1v) is 7.14. The molecule has 19 heavy (non-hydrogen) atoms. The van der Waals surface area contributed by atoms with Gasteiger partial charge < -0.3 is 16.0 Å². The zero-order chi connectivity index (χ0) is 13.7. The first-order chi connectivity index (χ1) is 9.04. The van der Waals surface area contributed by atoms with E-state index in [1.807, 2.05) is 19.9 Å². The molecule has 2 rings (SSSR count). The molecule has 106 valence electrons. The van der Waals surface area contributed by atoms with Gasteiger partial charge in [0.2, 0.25) is 0 Å². The van der Waals surface area contributed by atoms with Gasteiger partial charge in [0, 0.05) is 31.2 Å². The lowest BCUT2D eigenvalue weighted by atomic mass is 10.0. The first-order valence-electron chi connectivity index (χ1n) is 7.14. The maximum atomic E-state index is 5.97. The zero-order valence-corrected chi connectivity index (χ0v) is 12.0. The number of nitrogens with two attached hydrogens (primary N) is 1. The number of rotatable bonds is 5. The summed E-state index contributed by atoms with van der Waals surface area (Å²) in [5.74, 6) is 1.92. The molecule has 1 aromatic heterocycles. The molecule has 0 spiro atoms. The fourth-order valence-corrected chi connectivity index (χ4v) is 2.25. The van der Waals surface area contributed by atoms with Crippen LogP contribution in [0, 0.1) is 0 Å². The van der Waals surface area contributed by atoms with Crippen LogP contribution in [0.2, 0.25) is 0 Å². The Hall–Kier alpha value is -1.36. The zero-order valence-electron chi connectivity index (χ0n) is 12.0. The Bertz CT molecular complexity index is 393. The molecule has 0 radical (unpaired) electrons. The molecule has 1 fully saturated rings. The van der Waals surface area contributed by atoms with Crippen molar-refractivity contribution in [2.45, 2.75) is 45.1 Å². The lowest BCUT2D eigenvalue weighted by Gasteiger charge is -2.27. The Labute approximate surface area is 115 Å². The van der Waals surface area contributed by atoms with Gasteiger partial charge in [0.25, 0.3) is 0 Å². The molecule has 1 aromatic rings. The highest BCUT2D eigenvalue weighted by molar-refractivity contribution is 5.48. The highest BCUT2D eigenvalue weighted by atomic mass is 15.2. The summed E-state index contributed by atoms with van der Waals surface area (Å²) >= 11 is 0. The van der Waals surface area contributed by atoms with Crippen LogP contribution in [-0.4, -0.2) is 35.1 Å². The Morgan fingerprint density at radius 2 is 2.00 bits per heavy atom. The second-order valence-corrected chi connectivity index (χ2v) is 5.97. The minimum Gasteiger partial charge on any atom is -0.370 e. The first kappa shape index (κ1) is 14.1. The van der Waals surface area contributed by atoms with E-state index in [2.05, 4.69) is 20.2 Å². The topological polar surface area (TPSA) is 67.1 Å². The maximum absolute atomic E-state index is 5.97. The Balaban J connectivity index is 1.91. The predicted molar refractivity (Wildman–Crippen MR) is 79.5 cm³/mol. The number of hydrogen-bond donors (Lipinski definition) is 2. The summed E-state index contributed by atoms with van der Waals surface area (Å²) in [6.07, 6.45) is 6.40. The minimum atomic E-state index is -0.143. The van der Waals surface area contributed by atoms with Crippen molar-refractivity contribution >= 4 is 11.6 Å². The van der Waals surface area contributed by atoms with Gasteiger partial charge in [0.15, 0.2) is 0 Å². The molecule has 3 N–H and O–H groups in total. The molecule has 0 bridgehead atoms.